The monoisotopic (exact) mass is 295 g/mol. The first-order valence-corrected chi connectivity index (χ1v) is 6.67. The number of aliphatic hydroxyl groups is 3. The maximum atomic E-state index is 10.3. The Bertz CT molecular complexity index is 548. The third-order valence-electron chi connectivity index (χ3n) is 3.79. The lowest BCUT2D eigenvalue weighted by atomic mass is 9.83. The van der Waals surface area contributed by atoms with E-state index in [0.717, 1.165) is 0 Å². The molecule has 0 aliphatic carbocycles. The van der Waals surface area contributed by atoms with Gasteiger partial charge >= 0.3 is 0 Å². The summed E-state index contributed by atoms with van der Waals surface area (Å²) in [6.07, 6.45) is -4.16. The van der Waals surface area contributed by atoms with Gasteiger partial charge in [0, 0.05) is 5.56 Å². The Morgan fingerprint density at radius 3 is 2.71 bits per heavy atom. The smallest absolute Gasteiger partial charge is 0.211 e. The highest BCUT2D eigenvalue weighted by Gasteiger charge is 2.51. The molecule has 7 heteroatoms. The molecule has 0 bridgehead atoms. The van der Waals surface area contributed by atoms with Gasteiger partial charge in [0.2, 0.25) is 6.29 Å². The molecule has 21 heavy (non-hydrogen) atoms. The van der Waals surface area contributed by atoms with Crippen LogP contribution < -0.4 is 4.74 Å². The number of nitrogens with zero attached hydrogens (tertiary/aromatic N) is 1. The minimum Gasteiger partial charge on any atom is -0.463 e. The van der Waals surface area contributed by atoms with Gasteiger partial charge in [0.1, 0.15) is 30.8 Å². The molecule has 1 saturated heterocycles. The van der Waals surface area contributed by atoms with E-state index in [4.69, 9.17) is 14.3 Å². The highest BCUT2D eigenvalue weighted by atomic mass is 16.7. The van der Waals surface area contributed by atoms with Crippen molar-refractivity contribution in [3.63, 3.8) is 0 Å². The van der Waals surface area contributed by atoms with Gasteiger partial charge in [-0.15, -0.1) is 0 Å². The van der Waals surface area contributed by atoms with Crippen LogP contribution in [0.2, 0.25) is 0 Å². The standard InChI is InChI=1S/C14H17NO6/c1-19-15-11-7-4-2-3-5-8(7)20-14-10(11)13(18)12(17)9(6-16)21-14/h2-5,9-10,12-14,16-18H,6H2,1H3/b15-11+/t9-,10-,12+,13-,14+/m1/s1. The van der Waals surface area contributed by atoms with Crippen LogP contribution in [0.5, 0.6) is 5.75 Å². The molecule has 0 spiro atoms. The van der Waals surface area contributed by atoms with Crippen molar-refractivity contribution in [3.05, 3.63) is 29.8 Å². The van der Waals surface area contributed by atoms with Crippen LogP contribution >= 0.6 is 0 Å². The zero-order valence-corrected chi connectivity index (χ0v) is 11.4. The van der Waals surface area contributed by atoms with Crippen molar-refractivity contribution in [3.8, 4) is 5.75 Å². The summed E-state index contributed by atoms with van der Waals surface area (Å²) in [6, 6.07) is 7.17. The van der Waals surface area contributed by atoms with Gasteiger partial charge in [-0.2, -0.15) is 0 Å². The van der Waals surface area contributed by atoms with E-state index in [9.17, 15) is 15.3 Å². The summed E-state index contributed by atoms with van der Waals surface area (Å²) < 4.78 is 11.3. The van der Waals surface area contributed by atoms with Crippen LogP contribution in [0.25, 0.3) is 0 Å². The summed E-state index contributed by atoms with van der Waals surface area (Å²) in [5.41, 5.74) is 1.13. The Balaban J connectivity index is 2.04. The topological polar surface area (TPSA) is 101 Å². The van der Waals surface area contributed by atoms with Crippen molar-refractivity contribution in [2.75, 3.05) is 13.7 Å². The van der Waals surface area contributed by atoms with Crippen molar-refractivity contribution in [2.45, 2.75) is 24.6 Å². The average Bonchev–Trinajstić information content (AvgIpc) is 2.50. The van der Waals surface area contributed by atoms with Crippen molar-refractivity contribution < 1.29 is 29.6 Å². The number of aliphatic hydroxyl groups excluding tert-OH is 3. The fourth-order valence-electron chi connectivity index (χ4n) is 2.77. The fraction of sp³-hybridized carbons (Fsp3) is 0.500. The van der Waals surface area contributed by atoms with Gasteiger partial charge in [-0.3, -0.25) is 0 Å². The lowest BCUT2D eigenvalue weighted by Crippen LogP contribution is -2.60. The minimum absolute atomic E-state index is 0.413. The maximum absolute atomic E-state index is 10.3. The van der Waals surface area contributed by atoms with E-state index < -0.39 is 37.1 Å². The number of hydrogen-bond donors (Lipinski definition) is 3. The van der Waals surface area contributed by atoms with Gasteiger partial charge in [0.25, 0.3) is 0 Å². The van der Waals surface area contributed by atoms with E-state index in [2.05, 4.69) is 5.16 Å². The number of ether oxygens (including phenoxy) is 2. The van der Waals surface area contributed by atoms with Crippen LogP contribution in [0.1, 0.15) is 5.56 Å². The summed E-state index contributed by atoms with van der Waals surface area (Å²) in [5, 5.41) is 33.6. The molecule has 5 atom stereocenters. The summed E-state index contributed by atoms with van der Waals surface area (Å²) in [5.74, 6) is -0.146. The van der Waals surface area contributed by atoms with E-state index in [0.29, 0.717) is 17.0 Å². The number of hydrogen-bond acceptors (Lipinski definition) is 7. The first-order valence-electron chi connectivity index (χ1n) is 6.67. The van der Waals surface area contributed by atoms with Crippen LogP contribution in [0.4, 0.5) is 0 Å². The molecule has 0 aromatic heterocycles. The number of rotatable bonds is 2. The summed E-state index contributed by atoms with van der Waals surface area (Å²) in [6.45, 7) is -0.413. The number of benzene rings is 1. The lowest BCUT2D eigenvalue weighted by molar-refractivity contribution is -0.248. The second kappa shape index (κ2) is 5.61. The van der Waals surface area contributed by atoms with Gasteiger partial charge < -0.3 is 29.6 Å². The molecular formula is C14H17NO6. The first kappa shape index (κ1) is 14.3. The fourth-order valence-corrected chi connectivity index (χ4v) is 2.77. The van der Waals surface area contributed by atoms with Gasteiger partial charge in [0.15, 0.2) is 0 Å². The van der Waals surface area contributed by atoms with Crippen LogP contribution in [0.3, 0.4) is 0 Å². The Labute approximate surface area is 121 Å². The molecule has 0 amide bonds. The number of para-hydroxylation sites is 1. The molecule has 0 unspecified atom stereocenters. The van der Waals surface area contributed by atoms with Crippen LogP contribution in [0.15, 0.2) is 29.4 Å². The van der Waals surface area contributed by atoms with Gasteiger partial charge in [0.05, 0.1) is 18.6 Å². The molecule has 1 aromatic carbocycles. The predicted molar refractivity (Wildman–Crippen MR) is 71.9 cm³/mol. The predicted octanol–water partition coefficient (Wildman–Crippen LogP) is -0.515. The first-order chi connectivity index (χ1) is 10.2. The van der Waals surface area contributed by atoms with Gasteiger partial charge in [-0.1, -0.05) is 17.3 Å². The molecule has 2 aliphatic heterocycles. The lowest BCUT2D eigenvalue weighted by Gasteiger charge is -2.44. The van der Waals surface area contributed by atoms with E-state index in [-0.39, 0.29) is 0 Å². The van der Waals surface area contributed by atoms with Crippen molar-refractivity contribution in [2.24, 2.45) is 11.1 Å². The van der Waals surface area contributed by atoms with Gasteiger partial charge in [-0.05, 0) is 12.1 Å². The van der Waals surface area contributed by atoms with Crippen LogP contribution in [-0.4, -0.2) is 59.3 Å². The molecule has 0 radical (unpaired) electrons. The third kappa shape index (κ3) is 2.28. The average molecular weight is 295 g/mol. The Kier molecular flexibility index (Phi) is 3.81. The molecule has 0 saturated carbocycles. The number of oxime groups is 1. The van der Waals surface area contributed by atoms with Crippen LogP contribution in [-0.2, 0) is 9.57 Å². The van der Waals surface area contributed by atoms with Crippen LogP contribution in [0, 0.1) is 5.92 Å². The second-order valence-corrected chi connectivity index (χ2v) is 5.01. The highest BCUT2D eigenvalue weighted by molar-refractivity contribution is 6.05. The van der Waals surface area contributed by atoms with E-state index >= 15 is 0 Å². The summed E-state index contributed by atoms with van der Waals surface area (Å²) >= 11 is 0. The van der Waals surface area contributed by atoms with Crippen molar-refractivity contribution in [1.82, 2.24) is 0 Å². The summed E-state index contributed by atoms with van der Waals surface area (Å²) in [7, 11) is 1.41. The largest absolute Gasteiger partial charge is 0.463 e. The number of fused-ring (bicyclic) bond motifs is 2. The molecule has 1 fully saturated rings. The third-order valence-corrected chi connectivity index (χ3v) is 3.79. The zero-order chi connectivity index (χ0) is 15.0. The Morgan fingerprint density at radius 1 is 1.24 bits per heavy atom. The molecule has 7 nitrogen and oxygen atoms in total. The van der Waals surface area contributed by atoms with E-state index in [1.54, 1.807) is 18.2 Å². The normalized spacial score (nSPS) is 36.6. The Hall–Kier alpha value is -1.67. The summed E-state index contributed by atoms with van der Waals surface area (Å²) in [4.78, 5) is 4.86. The minimum atomic E-state index is -1.23. The molecule has 3 N–H and O–H groups in total. The molecule has 1 aromatic rings. The zero-order valence-electron chi connectivity index (χ0n) is 11.4. The van der Waals surface area contributed by atoms with E-state index in [1.807, 2.05) is 6.07 Å². The SMILES string of the molecule is CO/N=C1\c2ccccc2O[C@H]2O[C@H](CO)[C@H](O)[C@H](O)[C@@H]12. The quantitative estimate of drug-likeness (QED) is 0.635. The molecule has 114 valence electrons. The molecular weight excluding hydrogens is 278 g/mol. The molecule has 3 rings (SSSR count). The van der Waals surface area contributed by atoms with E-state index in [1.165, 1.54) is 7.11 Å². The van der Waals surface area contributed by atoms with Crippen molar-refractivity contribution >= 4 is 5.71 Å². The second-order valence-electron chi connectivity index (χ2n) is 5.01. The Morgan fingerprint density at radius 2 is 2.00 bits per heavy atom. The molecule has 2 heterocycles. The maximum Gasteiger partial charge on any atom is 0.211 e. The highest BCUT2D eigenvalue weighted by Crippen LogP contribution is 2.38. The van der Waals surface area contributed by atoms with Gasteiger partial charge in [-0.25, -0.2) is 0 Å². The molecule has 2 aliphatic rings. The van der Waals surface area contributed by atoms with Crippen molar-refractivity contribution in [1.29, 1.82) is 0 Å².